The fourth-order valence-corrected chi connectivity index (χ4v) is 2.62. The van der Waals surface area contributed by atoms with Gasteiger partial charge in [-0.15, -0.1) is 0 Å². The monoisotopic (exact) mass is 306 g/mol. The third kappa shape index (κ3) is 7.00. The van der Waals surface area contributed by atoms with E-state index in [0.717, 1.165) is 12.8 Å². The van der Waals surface area contributed by atoms with E-state index in [1.807, 2.05) is 6.26 Å². The summed E-state index contributed by atoms with van der Waals surface area (Å²) in [6, 6.07) is -0.393. The van der Waals surface area contributed by atoms with Gasteiger partial charge in [0.05, 0.1) is 12.0 Å². The molecule has 0 aromatic rings. The van der Waals surface area contributed by atoms with Crippen molar-refractivity contribution < 1.29 is 19.8 Å². The number of amides is 2. The molecule has 0 saturated carbocycles. The van der Waals surface area contributed by atoms with Crippen LogP contribution < -0.4 is 10.6 Å². The summed E-state index contributed by atoms with van der Waals surface area (Å²) in [7, 11) is 0. The zero-order chi connectivity index (χ0) is 15.8. The summed E-state index contributed by atoms with van der Waals surface area (Å²) in [5.74, 6) is -1.10. The summed E-state index contributed by atoms with van der Waals surface area (Å²) in [5.41, 5.74) is -1.45. The number of carbonyl (C=O) groups is 2. The number of thioether (sulfide) groups is 1. The van der Waals surface area contributed by atoms with Crippen LogP contribution in [0.1, 0.15) is 40.0 Å². The van der Waals surface area contributed by atoms with E-state index in [1.54, 1.807) is 11.8 Å². The first kappa shape index (κ1) is 19.1. The lowest BCUT2D eigenvalue weighted by Crippen LogP contribution is -2.48. The van der Waals surface area contributed by atoms with Crippen LogP contribution in [-0.4, -0.2) is 51.9 Å². The van der Waals surface area contributed by atoms with Crippen molar-refractivity contribution in [3.05, 3.63) is 0 Å². The van der Waals surface area contributed by atoms with Gasteiger partial charge in [0.2, 0.25) is 0 Å². The minimum absolute atomic E-state index is 0.0148. The lowest BCUT2D eigenvalue weighted by atomic mass is 10.0. The van der Waals surface area contributed by atoms with E-state index in [4.69, 9.17) is 5.11 Å². The van der Waals surface area contributed by atoms with Crippen LogP contribution in [0.25, 0.3) is 0 Å². The van der Waals surface area contributed by atoms with E-state index >= 15 is 0 Å². The highest BCUT2D eigenvalue weighted by atomic mass is 32.2. The van der Waals surface area contributed by atoms with Gasteiger partial charge in [-0.05, 0) is 26.0 Å². The molecule has 0 spiro atoms. The molecule has 1 atom stereocenters. The molecule has 0 aliphatic rings. The molecule has 0 fully saturated rings. The van der Waals surface area contributed by atoms with E-state index in [9.17, 15) is 14.7 Å². The summed E-state index contributed by atoms with van der Waals surface area (Å²) in [4.78, 5) is 22.2. The number of carboxylic acids is 1. The molecule has 0 rings (SSSR count). The van der Waals surface area contributed by atoms with Crippen LogP contribution in [0.15, 0.2) is 0 Å². The molecule has 0 aliphatic heterocycles. The fourth-order valence-electron chi connectivity index (χ4n) is 1.82. The Labute approximate surface area is 124 Å². The predicted molar refractivity (Wildman–Crippen MR) is 81.1 cm³/mol. The van der Waals surface area contributed by atoms with Crippen molar-refractivity contribution in [2.75, 3.05) is 19.3 Å². The quantitative estimate of drug-likeness (QED) is 0.516. The third-order valence-electron chi connectivity index (χ3n) is 3.45. The van der Waals surface area contributed by atoms with Gasteiger partial charge in [-0.3, -0.25) is 4.79 Å². The number of rotatable bonds is 9. The van der Waals surface area contributed by atoms with E-state index in [0.29, 0.717) is 6.54 Å². The van der Waals surface area contributed by atoms with Crippen molar-refractivity contribution in [1.82, 2.24) is 10.6 Å². The smallest absolute Gasteiger partial charge is 0.314 e. The summed E-state index contributed by atoms with van der Waals surface area (Å²) in [6.45, 7) is 5.98. The van der Waals surface area contributed by atoms with Crippen LogP contribution in [0.3, 0.4) is 0 Å². The Hall–Kier alpha value is -0.950. The molecular weight excluding hydrogens is 280 g/mol. The van der Waals surface area contributed by atoms with Crippen molar-refractivity contribution >= 4 is 23.8 Å². The van der Waals surface area contributed by atoms with Crippen LogP contribution in [0.5, 0.6) is 0 Å². The van der Waals surface area contributed by atoms with Crippen molar-refractivity contribution in [1.29, 1.82) is 0 Å². The number of hydrogen-bond donors (Lipinski definition) is 4. The highest BCUT2D eigenvalue weighted by Gasteiger charge is 2.27. The first-order valence-corrected chi connectivity index (χ1v) is 7.94. The standard InChI is InChI=1S/C13H26N2O4S/c1-5-13(6-2,20-4)9-15-11(18)14-8-12(3,19)7-10(16)17/h19H,5-9H2,1-4H3,(H,16,17)(H2,14,15,18). The average Bonchev–Trinajstić information content (AvgIpc) is 2.37. The van der Waals surface area contributed by atoms with E-state index in [1.165, 1.54) is 6.92 Å². The lowest BCUT2D eigenvalue weighted by molar-refractivity contribution is -0.141. The van der Waals surface area contributed by atoms with Gasteiger partial charge in [-0.2, -0.15) is 11.8 Å². The largest absolute Gasteiger partial charge is 0.481 e. The number of aliphatic hydroxyl groups is 1. The zero-order valence-corrected chi connectivity index (χ0v) is 13.5. The van der Waals surface area contributed by atoms with Crippen LogP contribution >= 0.6 is 11.8 Å². The molecule has 2 amide bonds. The van der Waals surface area contributed by atoms with Gasteiger partial charge in [0.25, 0.3) is 0 Å². The van der Waals surface area contributed by atoms with Gasteiger partial charge in [-0.1, -0.05) is 13.8 Å². The van der Waals surface area contributed by atoms with E-state index in [2.05, 4.69) is 24.5 Å². The molecule has 0 saturated heterocycles. The molecule has 0 heterocycles. The Kier molecular flexibility index (Phi) is 7.96. The van der Waals surface area contributed by atoms with E-state index < -0.39 is 24.0 Å². The van der Waals surface area contributed by atoms with Gasteiger partial charge >= 0.3 is 12.0 Å². The molecule has 0 aromatic carbocycles. The molecule has 7 heteroatoms. The van der Waals surface area contributed by atoms with Crippen LogP contribution in [0.2, 0.25) is 0 Å². The topological polar surface area (TPSA) is 98.7 Å². The molecule has 4 N–H and O–H groups in total. The van der Waals surface area contributed by atoms with Gasteiger partial charge in [0, 0.05) is 17.8 Å². The maximum Gasteiger partial charge on any atom is 0.314 e. The normalized spacial score (nSPS) is 14.4. The highest BCUT2D eigenvalue weighted by molar-refractivity contribution is 8.00. The van der Waals surface area contributed by atoms with Crippen molar-refractivity contribution in [2.45, 2.75) is 50.4 Å². The molecule has 118 valence electrons. The third-order valence-corrected chi connectivity index (χ3v) is 5.04. The molecule has 20 heavy (non-hydrogen) atoms. The predicted octanol–water partition coefficient (Wildman–Crippen LogP) is 1.43. The Balaban J connectivity index is 4.21. The van der Waals surface area contributed by atoms with Crippen molar-refractivity contribution in [3.8, 4) is 0 Å². The second-order valence-corrected chi connectivity index (χ2v) is 6.47. The second kappa shape index (κ2) is 8.36. The maximum atomic E-state index is 11.7. The maximum absolute atomic E-state index is 11.7. The number of nitrogens with one attached hydrogen (secondary N) is 2. The van der Waals surface area contributed by atoms with Gasteiger partial charge in [0.1, 0.15) is 0 Å². The zero-order valence-electron chi connectivity index (χ0n) is 12.7. The SMILES string of the molecule is CCC(CC)(CNC(=O)NCC(C)(O)CC(=O)O)SC. The fraction of sp³-hybridized carbons (Fsp3) is 0.846. The lowest BCUT2D eigenvalue weighted by Gasteiger charge is -2.30. The average molecular weight is 306 g/mol. The molecule has 0 aromatic heterocycles. The summed E-state index contributed by atoms with van der Waals surface area (Å²) in [6.07, 6.45) is 3.50. The minimum Gasteiger partial charge on any atom is -0.481 e. The molecular formula is C13H26N2O4S. The number of urea groups is 1. The Morgan fingerprint density at radius 1 is 1.15 bits per heavy atom. The molecule has 0 aliphatic carbocycles. The number of aliphatic carboxylic acids is 1. The Bertz CT molecular complexity index is 322. The van der Waals surface area contributed by atoms with Crippen LogP contribution in [-0.2, 0) is 4.79 Å². The van der Waals surface area contributed by atoms with Crippen LogP contribution in [0.4, 0.5) is 4.79 Å². The molecule has 0 bridgehead atoms. The summed E-state index contributed by atoms with van der Waals surface area (Å²) >= 11 is 1.72. The van der Waals surface area contributed by atoms with Gasteiger partial charge in [-0.25, -0.2) is 4.79 Å². The first-order chi connectivity index (χ1) is 9.20. The van der Waals surface area contributed by atoms with Gasteiger partial charge in [0.15, 0.2) is 0 Å². The highest BCUT2D eigenvalue weighted by Crippen LogP contribution is 2.29. The minimum atomic E-state index is -1.45. The van der Waals surface area contributed by atoms with Crippen LogP contribution in [0, 0.1) is 0 Å². The summed E-state index contributed by atoms with van der Waals surface area (Å²) in [5, 5.41) is 23.7. The van der Waals surface area contributed by atoms with Gasteiger partial charge < -0.3 is 20.8 Å². The summed E-state index contributed by atoms with van der Waals surface area (Å²) < 4.78 is 0.0148. The number of carbonyl (C=O) groups excluding carboxylic acids is 1. The van der Waals surface area contributed by atoms with Crippen molar-refractivity contribution in [3.63, 3.8) is 0 Å². The first-order valence-electron chi connectivity index (χ1n) is 6.71. The molecule has 1 unspecified atom stereocenters. The Morgan fingerprint density at radius 3 is 2.05 bits per heavy atom. The Morgan fingerprint density at radius 2 is 1.65 bits per heavy atom. The van der Waals surface area contributed by atoms with Crippen molar-refractivity contribution in [2.24, 2.45) is 0 Å². The molecule has 0 radical (unpaired) electrons. The number of hydrogen-bond acceptors (Lipinski definition) is 4. The molecule has 6 nitrogen and oxygen atoms in total. The van der Waals surface area contributed by atoms with E-state index in [-0.39, 0.29) is 11.3 Å². The number of carboxylic acid groups (broad SMARTS) is 1. The second-order valence-electron chi connectivity index (χ2n) is 5.20.